The summed E-state index contributed by atoms with van der Waals surface area (Å²) in [6.07, 6.45) is 2.28. The zero-order chi connectivity index (χ0) is 22.5. The summed E-state index contributed by atoms with van der Waals surface area (Å²) in [6.45, 7) is 1.35. The van der Waals surface area contributed by atoms with Crippen LogP contribution in [-0.2, 0) is 4.79 Å². The number of H-pyrrole nitrogens is 1. The van der Waals surface area contributed by atoms with Crippen LogP contribution in [0.25, 0.3) is 22.2 Å². The van der Waals surface area contributed by atoms with Gasteiger partial charge in [-0.3, -0.25) is 4.79 Å². The fourth-order valence-corrected chi connectivity index (χ4v) is 3.24. The van der Waals surface area contributed by atoms with Crippen molar-refractivity contribution in [2.24, 2.45) is 5.92 Å². The third-order valence-electron chi connectivity index (χ3n) is 5.38. The molecule has 1 saturated carbocycles. The molecule has 4 N–H and O–H groups in total. The van der Waals surface area contributed by atoms with Crippen molar-refractivity contribution in [1.29, 1.82) is 0 Å². The summed E-state index contributed by atoms with van der Waals surface area (Å²) in [7, 11) is 0. The van der Waals surface area contributed by atoms with Crippen molar-refractivity contribution in [3.05, 3.63) is 59.9 Å². The molecule has 1 aliphatic rings. The number of benzene rings is 2. The second-order valence-electron chi connectivity index (χ2n) is 7.71. The molecule has 0 radical (unpaired) electrons. The monoisotopic (exact) mass is 434 g/mol. The van der Waals surface area contributed by atoms with E-state index in [-0.39, 0.29) is 29.8 Å². The lowest BCUT2D eigenvalue weighted by atomic mass is 9.84. The predicted molar refractivity (Wildman–Crippen MR) is 112 cm³/mol. The Morgan fingerprint density at radius 1 is 1.13 bits per heavy atom. The maximum atomic E-state index is 13.5. The van der Waals surface area contributed by atoms with E-state index in [0.717, 1.165) is 25.3 Å². The molecule has 1 heterocycles. The number of nitrogens with one attached hydrogen (secondary N) is 2. The molecule has 3 aromatic rings. The molecule has 1 fully saturated rings. The van der Waals surface area contributed by atoms with Gasteiger partial charge in [-0.25, -0.2) is 13.2 Å². The Morgan fingerprint density at radius 2 is 1.81 bits per heavy atom. The summed E-state index contributed by atoms with van der Waals surface area (Å²) in [5.74, 6) is -1.53. The first kappa shape index (κ1) is 22.8. The summed E-state index contributed by atoms with van der Waals surface area (Å²) >= 11 is 0. The molecule has 1 aromatic heterocycles. The van der Waals surface area contributed by atoms with Gasteiger partial charge in [-0.05, 0) is 61.7 Å². The molecule has 166 valence electrons. The zero-order valence-electron chi connectivity index (χ0n) is 17.0. The number of hydrogen-bond acceptors (Lipinski definition) is 3. The van der Waals surface area contributed by atoms with E-state index < -0.39 is 23.8 Å². The summed E-state index contributed by atoms with van der Waals surface area (Å²) in [5.41, 5.74) is 1.58. The first-order valence-corrected chi connectivity index (χ1v) is 10.1. The molecule has 2 unspecified atom stereocenters. The number of halogens is 3. The average Bonchev–Trinajstić information content (AvgIpc) is 3.10. The Hall–Kier alpha value is -2.84. The largest absolute Gasteiger partial charge is 0.394 e. The van der Waals surface area contributed by atoms with E-state index in [4.69, 9.17) is 10.2 Å². The molecule has 1 aliphatic carbocycles. The van der Waals surface area contributed by atoms with Crippen LogP contribution in [0.5, 0.6) is 0 Å². The number of aromatic amines is 1. The van der Waals surface area contributed by atoms with Crippen molar-refractivity contribution in [3.8, 4) is 11.3 Å². The fourth-order valence-electron chi connectivity index (χ4n) is 3.24. The third kappa shape index (κ3) is 5.65. The van der Waals surface area contributed by atoms with Crippen molar-refractivity contribution < 1.29 is 28.2 Å². The standard InChI is InChI=1S/C14H8F3N.C9H17NO3/c15-10-3-1-8(2-4-10)13-6-9-5-11(16)7-12(17)14(9)18-13;1-6(12)8(5-11)10-9(13)7-3-2-4-7/h1-7,18H;6-8,11-12H,2-5H2,1H3,(H,10,13). The molecule has 2 aromatic carbocycles. The molecule has 31 heavy (non-hydrogen) atoms. The molecule has 1 amide bonds. The summed E-state index contributed by atoms with van der Waals surface area (Å²) in [6, 6.07) is 8.98. The van der Waals surface area contributed by atoms with Crippen molar-refractivity contribution in [2.45, 2.75) is 38.3 Å². The molecule has 4 rings (SSSR count). The fraction of sp³-hybridized carbons (Fsp3) is 0.348. The second kappa shape index (κ2) is 9.98. The van der Waals surface area contributed by atoms with E-state index in [0.29, 0.717) is 16.6 Å². The molecule has 0 aliphatic heterocycles. The van der Waals surface area contributed by atoms with Crippen molar-refractivity contribution in [1.82, 2.24) is 10.3 Å². The van der Waals surface area contributed by atoms with Crippen LogP contribution in [0.1, 0.15) is 26.2 Å². The van der Waals surface area contributed by atoms with Gasteiger partial charge in [0.15, 0.2) is 0 Å². The van der Waals surface area contributed by atoms with E-state index in [2.05, 4.69) is 10.3 Å². The van der Waals surface area contributed by atoms with Crippen molar-refractivity contribution >= 4 is 16.8 Å². The third-order valence-corrected chi connectivity index (χ3v) is 5.38. The maximum absolute atomic E-state index is 13.5. The van der Waals surface area contributed by atoms with Gasteiger partial charge in [0.1, 0.15) is 17.5 Å². The highest BCUT2D eigenvalue weighted by molar-refractivity contribution is 5.86. The van der Waals surface area contributed by atoms with Crippen LogP contribution < -0.4 is 5.32 Å². The number of hydrogen-bond donors (Lipinski definition) is 4. The molecule has 2 atom stereocenters. The topological polar surface area (TPSA) is 85.3 Å². The van der Waals surface area contributed by atoms with Crippen molar-refractivity contribution in [3.63, 3.8) is 0 Å². The molecule has 8 heteroatoms. The summed E-state index contributed by atoms with van der Waals surface area (Å²) in [4.78, 5) is 14.2. The zero-order valence-corrected chi connectivity index (χ0v) is 17.0. The van der Waals surface area contributed by atoms with E-state index in [1.807, 2.05) is 0 Å². The average molecular weight is 434 g/mol. The highest BCUT2D eigenvalue weighted by atomic mass is 19.1. The summed E-state index contributed by atoms with van der Waals surface area (Å²) in [5, 5.41) is 21.1. The van der Waals surface area contributed by atoms with Crippen LogP contribution in [-0.4, -0.2) is 39.9 Å². The Labute approximate surface area is 177 Å². The van der Waals surface area contributed by atoms with Crippen LogP contribution in [0.3, 0.4) is 0 Å². The molecular formula is C23H25F3N2O3. The smallest absolute Gasteiger partial charge is 0.223 e. The number of rotatable bonds is 5. The lowest BCUT2D eigenvalue weighted by Crippen LogP contribution is -2.48. The van der Waals surface area contributed by atoms with Gasteiger partial charge in [0.25, 0.3) is 0 Å². The van der Waals surface area contributed by atoms with Crippen molar-refractivity contribution in [2.75, 3.05) is 6.61 Å². The normalized spacial score (nSPS) is 15.5. The molecule has 0 bridgehead atoms. The van der Waals surface area contributed by atoms with Gasteiger partial charge in [0, 0.05) is 23.1 Å². The Morgan fingerprint density at radius 3 is 2.35 bits per heavy atom. The number of carbonyl (C=O) groups excluding carboxylic acids is 1. The van der Waals surface area contributed by atoms with E-state index in [1.54, 1.807) is 25.1 Å². The van der Waals surface area contributed by atoms with Gasteiger partial charge in [-0.15, -0.1) is 0 Å². The minimum Gasteiger partial charge on any atom is -0.394 e. The minimum absolute atomic E-state index is 0.0359. The van der Waals surface area contributed by atoms with Crippen LogP contribution in [0, 0.1) is 23.4 Å². The van der Waals surface area contributed by atoms with Crippen LogP contribution in [0.15, 0.2) is 42.5 Å². The second-order valence-corrected chi connectivity index (χ2v) is 7.71. The Balaban J connectivity index is 0.000000187. The quantitative estimate of drug-likeness (QED) is 0.492. The minimum atomic E-state index is -0.700. The molecule has 0 spiro atoms. The van der Waals surface area contributed by atoms with E-state index in [1.165, 1.54) is 18.2 Å². The molecular weight excluding hydrogens is 409 g/mol. The first-order chi connectivity index (χ1) is 14.8. The number of aromatic nitrogens is 1. The first-order valence-electron chi connectivity index (χ1n) is 10.1. The van der Waals surface area contributed by atoms with Gasteiger partial charge in [0.05, 0.1) is 24.3 Å². The number of aliphatic hydroxyl groups excluding tert-OH is 2. The number of fused-ring (bicyclic) bond motifs is 1. The van der Waals surface area contributed by atoms with Gasteiger partial charge in [-0.1, -0.05) is 6.42 Å². The van der Waals surface area contributed by atoms with Gasteiger partial charge in [-0.2, -0.15) is 0 Å². The van der Waals surface area contributed by atoms with Gasteiger partial charge in [0.2, 0.25) is 5.91 Å². The SMILES string of the molecule is CC(O)C(CO)NC(=O)C1CCC1.Fc1ccc(-c2cc3cc(F)cc(F)c3[nH]2)cc1. The Bertz CT molecular complexity index is 1030. The number of amides is 1. The maximum Gasteiger partial charge on any atom is 0.223 e. The summed E-state index contributed by atoms with van der Waals surface area (Å²) < 4.78 is 39.4. The highest BCUT2D eigenvalue weighted by Gasteiger charge is 2.27. The van der Waals surface area contributed by atoms with E-state index in [9.17, 15) is 18.0 Å². The number of aliphatic hydroxyl groups is 2. The van der Waals surface area contributed by atoms with E-state index >= 15 is 0 Å². The molecule has 0 saturated heterocycles. The van der Waals surface area contributed by atoms with Gasteiger partial charge >= 0.3 is 0 Å². The predicted octanol–water partition coefficient (Wildman–Crippen LogP) is 3.90. The van der Waals surface area contributed by atoms with Crippen LogP contribution >= 0.6 is 0 Å². The lowest BCUT2D eigenvalue weighted by molar-refractivity contribution is -0.129. The lowest BCUT2D eigenvalue weighted by Gasteiger charge is -2.27. The van der Waals surface area contributed by atoms with Crippen LogP contribution in [0.4, 0.5) is 13.2 Å². The molecule has 5 nitrogen and oxygen atoms in total. The highest BCUT2D eigenvalue weighted by Crippen LogP contribution is 2.27. The Kier molecular flexibility index (Phi) is 7.35. The van der Waals surface area contributed by atoms with Crippen LogP contribution in [0.2, 0.25) is 0 Å². The van der Waals surface area contributed by atoms with Gasteiger partial charge < -0.3 is 20.5 Å². The number of carbonyl (C=O) groups is 1.